The Labute approximate surface area is 155 Å². The first-order valence-electron chi connectivity index (χ1n) is 8.24. The molecule has 1 aromatic carbocycles. The molecule has 1 aromatic rings. The lowest BCUT2D eigenvalue weighted by Gasteiger charge is -2.29. The van der Waals surface area contributed by atoms with Gasteiger partial charge in [0.25, 0.3) is 13.1 Å². The molecule has 27 heavy (non-hydrogen) atoms. The van der Waals surface area contributed by atoms with Crippen molar-refractivity contribution in [3.8, 4) is 0 Å². The maximum absolute atomic E-state index is 13.4. The summed E-state index contributed by atoms with van der Waals surface area (Å²) in [7, 11) is -3.79. The zero-order valence-corrected chi connectivity index (χ0v) is 15.8. The van der Waals surface area contributed by atoms with Crippen molar-refractivity contribution in [3.05, 3.63) is 45.9 Å². The molecule has 0 bridgehead atoms. The highest BCUT2D eigenvalue weighted by molar-refractivity contribution is 7.82. The van der Waals surface area contributed by atoms with Crippen molar-refractivity contribution in [1.82, 2.24) is 0 Å². The summed E-state index contributed by atoms with van der Waals surface area (Å²) in [6, 6.07) is 5.44. The molecular weight excluding hydrogens is 377 g/mol. The predicted octanol–water partition coefficient (Wildman–Crippen LogP) is 2.83. The lowest BCUT2D eigenvalue weighted by Crippen LogP contribution is -2.28. The van der Waals surface area contributed by atoms with Gasteiger partial charge in [0.05, 0.1) is 23.8 Å². The summed E-state index contributed by atoms with van der Waals surface area (Å²) < 4.78 is 23.7. The molecule has 0 amide bonds. The fourth-order valence-corrected chi connectivity index (χ4v) is 4.51. The minimum Gasteiger partial charge on any atom is -0.461 e. The van der Waals surface area contributed by atoms with Gasteiger partial charge in [-0.1, -0.05) is 0 Å². The number of rotatable bonds is 8. The maximum Gasteiger partial charge on any atom is 0.365 e. The second-order valence-corrected chi connectivity index (χ2v) is 7.68. The summed E-state index contributed by atoms with van der Waals surface area (Å²) in [5.74, 6) is -0.885. The summed E-state index contributed by atoms with van der Waals surface area (Å²) in [4.78, 5) is 22.6. The molecule has 0 spiro atoms. The number of nitro groups is 1. The van der Waals surface area contributed by atoms with Gasteiger partial charge in [0.2, 0.25) is 5.45 Å². The largest absolute Gasteiger partial charge is 0.461 e. The Kier molecular flexibility index (Phi) is 6.84. The van der Waals surface area contributed by atoms with E-state index < -0.39 is 23.7 Å². The van der Waals surface area contributed by atoms with E-state index >= 15 is 0 Å². The minimum atomic E-state index is -3.79. The Bertz CT molecular complexity index is 820. The zero-order valence-electron chi connectivity index (χ0n) is 14.9. The number of nitro benzene ring substituents is 1. The predicted molar refractivity (Wildman–Crippen MR) is 98.7 cm³/mol. The van der Waals surface area contributed by atoms with E-state index in [1.165, 1.54) is 35.5 Å². The van der Waals surface area contributed by atoms with Gasteiger partial charge in [-0.05, 0) is 26.0 Å². The number of carbonyl (C=O) groups is 1. The van der Waals surface area contributed by atoms with Crippen LogP contribution in [-0.4, -0.2) is 41.3 Å². The van der Waals surface area contributed by atoms with Gasteiger partial charge < -0.3 is 14.4 Å². The van der Waals surface area contributed by atoms with E-state index in [1.54, 1.807) is 13.8 Å². The summed E-state index contributed by atoms with van der Waals surface area (Å²) in [5, 5.41) is 25.7. The van der Waals surface area contributed by atoms with Crippen LogP contribution in [0.15, 0.2) is 40.9 Å². The Morgan fingerprint density at radius 2 is 1.96 bits per heavy atom. The van der Waals surface area contributed by atoms with E-state index in [9.17, 15) is 24.6 Å². The van der Waals surface area contributed by atoms with Crippen LogP contribution in [0.1, 0.15) is 20.3 Å². The molecule has 0 radical (unpaired) electrons. The number of ether oxygens (including phenoxy) is 1. The van der Waals surface area contributed by atoms with Gasteiger partial charge in [0, 0.05) is 36.7 Å². The van der Waals surface area contributed by atoms with Crippen LogP contribution < -0.4 is 5.01 Å². The van der Waals surface area contributed by atoms with Crippen molar-refractivity contribution >= 4 is 30.2 Å². The number of hydrogen-bond donors (Lipinski definition) is 1. The number of hydrogen-bond acceptors (Lipinski definition) is 9. The Hall–Kier alpha value is -2.55. The van der Waals surface area contributed by atoms with Crippen molar-refractivity contribution < 1.29 is 28.7 Å². The van der Waals surface area contributed by atoms with Crippen LogP contribution in [0.4, 0.5) is 11.4 Å². The van der Waals surface area contributed by atoms with Gasteiger partial charge in [-0.2, -0.15) is 5.10 Å². The zero-order chi connectivity index (χ0) is 20.0. The minimum absolute atomic E-state index is 0.000809. The molecule has 2 rings (SSSR count). The summed E-state index contributed by atoms with van der Waals surface area (Å²) >= 11 is 0. The van der Waals surface area contributed by atoms with Crippen molar-refractivity contribution in [1.29, 1.82) is 0 Å². The third kappa shape index (κ3) is 4.41. The molecule has 0 unspecified atom stereocenters. The number of aliphatic hydroxyl groups excluding tert-OH is 1. The highest BCUT2D eigenvalue weighted by Gasteiger charge is 2.43. The number of carbonyl (C=O) groups excluding carboxylic acids is 1. The molecule has 146 valence electrons. The molecular formula is C16H20N3O7P. The van der Waals surface area contributed by atoms with E-state index in [4.69, 9.17) is 9.26 Å². The lowest BCUT2D eigenvalue weighted by atomic mass is 10.3. The average Bonchev–Trinajstić information content (AvgIpc) is 2.64. The summed E-state index contributed by atoms with van der Waals surface area (Å²) in [6.07, 6.45) is 1.40. The smallest absolute Gasteiger partial charge is 0.365 e. The van der Waals surface area contributed by atoms with Crippen LogP contribution in [0.3, 0.4) is 0 Å². The molecule has 0 fully saturated rings. The van der Waals surface area contributed by atoms with Crippen LogP contribution in [0.2, 0.25) is 0 Å². The van der Waals surface area contributed by atoms with Crippen molar-refractivity contribution in [2.45, 2.75) is 20.3 Å². The average molecular weight is 397 g/mol. The Morgan fingerprint density at radius 1 is 1.30 bits per heavy atom. The monoisotopic (exact) mass is 397 g/mol. The highest BCUT2D eigenvalue weighted by atomic mass is 31.2. The van der Waals surface area contributed by atoms with Gasteiger partial charge in [0.15, 0.2) is 0 Å². The quantitative estimate of drug-likeness (QED) is 0.307. The first-order chi connectivity index (χ1) is 12.9. The van der Waals surface area contributed by atoms with Crippen molar-refractivity contribution in [2.75, 3.05) is 24.8 Å². The molecule has 0 saturated heterocycles. The number of esters is 1. The third-order valence-corrected chi connectivity index (χ3v) is 6.14. The van der Waals surface area contributed by atoms with Gasteiger partial charge in [0.1, 0.15) is 0 Å². The second kappa shape index (κ2) is 8.90. The Morgan fingerprint density at radius 3 is 2.48 bits per heavy atom. The molecule has 1 aliphatic rings. The number of aliphatic hydroxyl groups is 1. The molecule has 11 heteroatoms. The van der Waals surface area contributed by atoms with Crippen LogP contribution in [0, 0.1) is 10.1 Å². The number of hydrazone groups is 1. The number of anilines is 1. The maximum atomic E-state index is 13.4. The van der Waals surface area contributed by atoms with Gasteiger partial charge in [-0.25, -0.2) is 9.80 Å². The normalized spacial score (nSPS) is 19.3. The molecule has 1 N–H and O–H groups in total. The number of nitrogens with zero attached hydrogens (tertiary/aromatic N) is 3. The SMILES string of the molecule is CCOC(=O)C1=NN(c2ccc([N+](=O)[O-])cc2)C=C(CCO)[P@]1(=O)OCC. The van der Waals surface area contributed by atoms with E-state index in [-0.39, 0.29) is 37.2 Å². The van der Waals surface area contributed by atoms with E-state index in [1.807, 2.05) is 0 Å². The molecule has 10 nitrogen and oxygen atoms in total. The standard InChI is InChI=1S/C16H20N3O7P/c1-3-25-16(21)15-17-18(12-5-7-13(8-6-12)19(22)23)11-14(9-10-20)27(15,24)26-4-2/h5-8,11,20H,3-4,9-10H2,1-2H3/t27-/m0/s1. The highest BCUT2D eigenvalue weighted by Crippen LogP contribution is 2.59. The summed E-state index contributed by atoms with van der Waals surface area (Å²) in [5.41, 5.74) is -0.0963. The number of non-ortho nitro benzene ring substituents is 1. The lowest BCUT2D eigenvalue weighted by molar-refractivity contribution is -0.384. The van der Waals surface area contributed by atoms with E-state index in [0.717, 1.165) is 0 Å². The molecule has 0 saturated carbocycles. The van der Waals surface area contributed by atoms with E-state index in [2.05, 4.69) is 5.10 Å². The van der Waals surface area contributed by atoms with Crippen molar-refractivity contribution in [2.24, 2.45) is 5.10 Å². The first kappa shape index (κ1) is 20.8. The Balaban J connectivity index is 2.53. The van der Waals surface area contributed by atoms with Crippen LogP contribution in [-0.2, 0) is 18.6 Å². The fraction of sp³-hybridized carbons (Fsp3) is 0.375. The van der Waals surface area contributed by atoms with Gasteiger partial charge >= 0.3 is 5.97 Å². The van der Waals surface area contributed by atoms with Crippen LogP contribution in [0.5, 0.6) is 0 Å². The van der Waals surface area contributed by atoms with Gasteiger partial charge in [-0.3, -0.25) is 14.7 Å². The first-order valence-corrected chi connectivity index (χ1v) is 9.86. The topological polar surface area (TPSA) is 132 Å². The summed E-state index contributed by atoms with van der Waals surface area (Å²) in [6.45, 7) is 3.04. The van der Waals surface area contributed by atoms with Gasteiger partial charge in [-0.15, -0.1) is 0 Å². The second-order valence-electron chi connectivity index (χ2n) is 5.33. The fourth-order valence-electron chi connectivity index (χ4n) is 2.41. The molecule has 1 aliphatic heterocycles. The third-order valence-electron chi connectivity index (χ3n) is 3.59. The van der Waals surface area contributed by atoms with Crippen LogP contribution in [0.25, 0.3) is 0 Å². The molecule has 1 atom stereocenters. The molecule has 0 aromatic heterocycles. The number of benzene rings is 1. The van der Waals surface area contributed by atoms with Crippen LogP contribution >= 0.6 is 7.37 Å². The molecule has 1 heterocycles. The molecule has 0 aliphatic carbocycles. The van der Waals surface area contributed by atoms with Crippen molar-refractivity contribution in [3.63, 3.8) is 0 Å². The van der Waals surface area contributed by atoms with E-state index in [0.29, 0.717) is 5.69 Å².